The Morgan fingerprint density at radius 3 is 2.71 bits per heavy atom. The Labute approximate surface area is 95.2 Å². The van der Waals surface area contributed by atoms with Crippen molar-refractivity contribution in [2.45, 2.75) is 25.7 Å². The fraction of sp³-hybridized carbons (Fsp3) is 0.455. The molecule has 1 rings (SSSR count). The third-order valence-corrected chi connectivity index (χ3v) is 2.91. The molecule has 0 spiro atoms. The molecule has 0 amide bonds. The van der Waals surface area contributed by atoms with E-state index < -0.39 is 0 Å². The van der Waals surface area contributed by atoms with Crippen LogP contribution in [-0.4, -0.2) is 6.54 Å². The van der Waals surface area contributed by atoms with Gasteiger partial charge in [0.2, 0.25) is 0 Å². The van der Waals surface area contributed by atoms with Crippen molar-refractivity contribution in [3.8, 4) is 0 Å². The van der Waals surface area contributed by atoms with Gasteiger partial charge in [-0.2, -0.15) is 0 Å². The standard InChI is InChI=1S/C11H15Cl2N/c1-8(3-2-6-14)10-7-9(12)4-5-11(10)13/h4-5,7-8H,2-3,6,14H2,1H3. The first-order valence-electron chi connectivity index (χ1n) is 4.80. The highest BCUT2D eigenvalue weighted by molar-refractivity contribution is 6.33. The minimum Gasteiger partial charge on any atom is -0.330 e. The van der Waals surface area contributed by atoms with Crippen molar-refractivity contribution < 1.29 is 0 Å². The van der Waals surface area contributed by atoms with Gasteiger partial charge in [-0.25, -0.2) is 0 Å². The van der Waals surface area contributed by atoms with E-state index >= 15 is 0 Å². The van der Waals surface area contributed by atoms with E-state index in [1.807, 2.05) is 18.2 Å². The fourth-order valence-corrected chi connectivity index (χ4v) is 1.96. The zero-order chi connectivity index (χ0) is 10.6. The topological polar surface area (TPSA) is 26.0 Å². The molecule has 3 heteroatoms. The van der Waals surface area contributed by atoms with E-state index in [1.54, 1.807) is 0 Å². The summed E-state index contributed by atoms with van der Waals surface area (Å²) in [7, 11) is 0. The van der Waals surface area contributed by atoms with Crippen molar-refractivity contribution in [3.63, 3.8) is 0 Å². The predicted molar refractivity (Wildman–Crippen MR) is 63.2 cm³/mol. The number of halogens is 2. The molecule has 1 aromatic carbocycles. The average Bonchev–Trinajstić information content (AvgIpc) is 2.18. The molecule has 0 bridgehead atoms. The van der Waals surface area contributed by atoms with E-state index in [0.29, 0.717) is 5.92 Å². The van der Waals surface area contributed by atoms with Gasteiger partial charge in [-0.05, 0) is 49.1 Å². The molecular weight excluding hydrogens is 217 g/mol. The molecule has 0 saturated heterocycles. The van der Waals surface area contributed by atoms with Crippen LogP contribution >= 0.6 is 23.2 Å². The molecule has 14 heavy (non-hydrogen) atoms. The number of nitrogens with two attached hydrogens (primary N) is 1. The molecule has 2 N–H and O–H groups in total. The van der Waals surface area contributed by atoms with Gasteiger partial charge >= 0.3 is 0 Å². The minimum atomic E-state index is 0.421. The maximum atomic E-state index is 6.08. The molecule has 0 saturated carbocycles. The molecule has 1 aromatic rings. The smallest absolute Gasteiger partial charge is 0.0441 e. The highest BCUT2D eigenvalue weighted by Gasteiger charge is 2.09. The van der Waals surface area contributed by atoms with Crippen LogP contribution < -0.4 is 5.73 Å². The van der Waals surface area contributed by atoms with Gasteiger partial charge in [0.25, 0.3) is 0 Å². The second-order valence-electron chi connectivity index (χ2n) is 3.50. The molecule has 0 fully saturated rings. The van der Waals surface area contributed by atoms with Crippen LogP contribution in [0.15, 0.2) is 18.2 Å². The first-order chi connectivity index (χ1) is 6.65. The zero-order valence-corrected chi connectivity index (χ0v) is 9.78. The molecule has 1 unspecified atom stereocenters. The second kappa shape index (κ2) is 5.59. The number of rotatable bonds is 4. The van der Waals surface area contributed by atoms with Gasteiger partial charge in [-0.1, -0.05) is 30.1 Å². The van der Waals surface area contributed by atoms with Crippen LogP contribution in [0.3, 0.4) is 0 Å². The predicted octanol–water partition coefficient (Wildman–Crippen LogP) is 3.84. The lowest BCUT2D eigenvalue weighted by Crippen LogP contribution is -2.02. The van der Waals surface area contributed by atoms with Crippen LogP contribution in [0, 0.1) is 0 Å². The first-order valence-corrected chi connectivity index (χ1v) is 5.55. The first kappa shape index (κ1) is 11.8. The molecule has 1 nitrogen and oxygen atoms in total. The average molecular weight is 232 g/mol. The maximum Gasteiger partial charge on any atom is 0.0441 e. The van der Waals surface area contributed by atoms with E-state index in [2.05, 4.69) is 6.92 Å². The van der Waals surface area contributed by atoms with E-state index in [-0.39, 0.29) is 0 Å². The molecule has 0 aromatic heterocycles. The fourth-order valence-electron chi connectivity index (χ4n) is 1.47. The van der Waals surface area contributed by atoms with Gasteiger partial charge in [0.1, 0.15) is 0 Å². The summed E-state index contributed by atoms with van der Waals surface area (Å²) >= 11 is 12.0. The molecule has 0 heterocycles. The van der Waals surface area contributed by atoms with Gasteiger partial charge in [0, 0.05) is 10.0 Å². The van der Waals surface area contributed by atoms with Gasteiger partial charge < -0.3 is 5.73 Å². The van der Waals surface area contributed by atoms with Crippen molar-refractivity contribution in [2.75, 3.05) is 6.54 Å². The third-order valence-electron chi connectivity index (χ3n) is 2.33. The summed E-state index contributed by atoms with van der Waals surface area (Å²) in [6, 6.07) is 5.59. The Hall–Kier alpha value is -0.240. The van der Waals surface area contributed by atoms with Crippen molar-refractivity contribution in [1.29, 1.82) is 0 Å². The summed E-state index contributed by atoms with van der Waals surface area (Å²) in [6.07, 6.45) is 2.07. The molecule has 0 aliphatic carbocycles. The Morgan fingerprint density at radius 1 is 1.36 bits per heavy atom. The summed E-state index contributed by atoms with van der Waals surface area (Å²) in [5.74, 6) is 0.421. The Bertz CT molecular complexity index is 299. The van der Waals surface area contributed by atoms with Gasteiger partial charge in [-0.3, -0.25) is 0 Å². The highest BCUT2D eigenvalue weighted by atomic mass is 35.5. The molecule has 0 radical (unpaired) electrons. The lowest BCUT2D eigenvalue weighted by atomic mass is 9.96. The second-order valence-corrected chi connectivity index (χ2v) is 4.34. The van der Waals surface area contributed by atoms with Gasteiger partial charge in [0.05, 0.1) is 0 Å². The highest BCUT2D eigenvalue weighted by Crippen LogP contribution is 2.29. The van der Waals surface area contributed by atoms with Crippen LogP contribution in [0.5, 0.6) is 0 Å². The molecular formula is C11H15Cl2N. The van der Waals surface area contributed by atoms with Crippen LogP contribution in [0.4, 0.5) is 0 Å². The third kappa shape index (κ3) is 3.16. The number of hydrogen-bond acceptors (Lipinski definition) is 1. The minimum absolute atomic E-state index is 0.421. The Morgan fingerprint density at radius 2 is 2.07 bits per heavy atom. The zero-order valence-electron chi connectivity index (χ0n) is 8.26. The summed E-state index contributed by atoms with van der Waals surface area (Å²) in [4.78, 5) is 0. The number of benzene rings is 1. The largest absolute Gasteiger partial charge is 0.330 e. The van der Waals surface area contributed by atoms with Crippen molar-refractivity contribution in [1.82, 2.24) is 0 Å². The van der Waals surface area contributed by atoms with Crippen LogP contribution in [-0.2, 0) is 0 Å². The van der Waals surface area contributed by atoms with Crippen molar-refractivity contribution in [3.05, 3.63) is 33.8 Å². The lowest BCUT2D eigenvalue weighted by molar-refractivity contribution is 0.641. The lowest BCUT2D eigenvalue weighted by Gasteiger charge is -2.13. The Kier molecular flexibility index (Phi) is 4.73. The molecule has 1 atom stereocenters. The molecule has 0 aliphatic heterocycles. The van der Waals surface area contributed by atoms with Crippen LogP contribution in [0.1, 0.15) is 31.2 Å². The van der Waals surface area contributed by atoms with Gasteiger partial charge in [-0.15, -0.1) is 0 Å². The van der Waals surface area contributed by atoms with E-state index in [4.69, 9.17) is 28.9 Å². The maximum absolute atomic E-state index is 6.08. The van der Waals surface area contributed by atoms with E-state index in [9.17, 15) is 0 Å². The summed E-state index contributed by atoms with van der Waals surface area (Å²) < 4.78 is 0. The van der Waals surface area contributed by atoms with Crippen LogP contribution in [0.2, 0.25) is 10.0 Å². The Balaban J connectivity index is 2.77. The van der Waals surface area contributed by atoms with Crippen LogP contribution in [0.25, 0.3) is 0 Å². The van der Waals surface area contributed by atoms with Crippen molar-refractivity contribution in [2.24, 2.45) is 5.73 Å². The van der Waals surface area contributed by atoms with E-state index in [0.717, 1.165) is 35.0 Å². The number of hydrogen-bond donors (Lipinski definition) is 1. The summed E-state index contributed by atoms with van der Waals surface area (Å²) in [5.41, 5.74) is 6.58. The summed E-state index contributed by atoms with van der Waals surface area (Å²) in [5, 5.41) is 1.53. The van der Waals surface area contributed by atoms with Crippen molar-refractivity contribution >= 4 is 23.2 Å². The quantitative estimate of drug-likeness (QED) is 0.838. The molecule has 78 valence electrons. The molecule has 0 aliphatic rings. The monoisotopic (exact) mass is 231 g/mol. The summed E-state index contributed by atoms with van der Waals surface area (Å²) in [6.45, 7) is 2.87. The normalized spacial score (nSPS) is 12.9. The van der Waals surface area contributed by atoms with E-state index in [1.165, 1.54) is 0 Å². The SMILES string of the molecule is CC(CCCN)c1cc(Cl)ccc1Cl. The van der Waals surface area contributed by atoms with Gasteiger partial charge in [0.15, 0.2) is 0 Å².